The summed E-state index contributed by atoms with van der Waals surface area (Å²) in [5.74, 6) is -0.819. The highest BCUT2D eigenvalue weighted by molar-refractivity contribution is 5.18. The SMILES string of the molecule is CCn1cc(CNCc2cc(F)ccc2F)cn1. The second-order valence-electron chi connectivity index (χ2n) is 4.04. The minimum atomic E-state index is -0.424. The number of aromatic nitrogens is 2. The van der Waals surface area contributed by atoms with E-state index in [2.05, 4.69) is 10.4 Å². The zero-order chi connectivity index (χ0) is 13.0. The molecule has 3 nitrogen and oxygen atoms in total. The molecule has 0 spiro atoms. The number of rotatable bonds is 5. The van der Waals surface area contributed by atoms with Gasteiger partial charge in [0.1, 0.15) is 11.6 Å². The van der Waals surface area contributed by atoms with E-state index >= 15 is 0 Å². The number of benzene rings is 1. The summed E-state index contributed by atoms with van der Waals surface area (Å²) in [4.78, 5) is 0. The fourth-order valence-corrected chi connectivity index (χ4v) is 1.69. The van der Waals surface area contributed by atoms with Gasteiger partial charge in [0.25, 0.3) is 0 Å². The average molecular weight is 251 g/mol. The normalized spacial score (nSPS) is 10.8. The van der Waals surface area contributed by atoms with Gasteiger partial charge in [-0.1, -0.05) is 0 Å². The lowest BCUT2D eigenvalue weighted by atomic mass is 10.2. The molecular formula is C13H15F2N3. The smallest absolute Gasteiger partial charge is 0.127 e. The third-order valence-electron chi connectivity index (χ3n) is 2.66. The molecule has 2 rings (SSSR count). The van der Waals surface area contributed by atoms with E-state index in [1.807, 2.05) is 17.8 Å². The highest BCUT2D eigenvalue weighted by atomic mass is 19.1. The van der Waals surface area contributed by atoms with Crippen LogP contribution in [0.2, 0.25) is 0 Å². The summed E-state index contributed by atoms with van der Waals surface area (Å²) < 4.78 is 28.1. The Kier molecular flexibility index (Phi) is 4.04. The molecule has 96 valence electrons. The molecule has 18 heavy (non-hydrogen) atoms. The van der Waals surface area contributed by atoms with E-state index in [0.717, 1.165) is 24.2 Å². The summed E-state index contributed by atoms with van der Waals surface area (Å²) in [5.41, 5.74) is 1.35. The third kappa shape index (κ3) is 3.13. The van der Waals surface area contributed by atoms with Gasteiger partial charge in [-0.25, -0.2) is 8.78 Å². The van der Waals surface area contributed by atoms with Crippen molar-refractivity contribution in [3.8, 4) is 0 Å². The molecule has 5 heteroatoms. The standard InChI is InChI=1S/C13H15F2N3/c1-2-18-9-10(7-17-18)6-16-8-11-5-12(14)3-4-13(11)15/h3-5,7,9,16H,2,6,8H2,1H3. The van der Waals surface area contributed by atoms with Gasteiger partial charge in [-0.3, -0.25) is 4.68 Å². The lowest BCUT2D eigenvalue weighted by molar-refractivity contribution is 0.568. The monoisotopic (exact) mass is 251 g/mol. The van der Waals surface area contributed by atoms with E-state index < -0.39 is 11.6 Å². The third-order valence-corrected chi connectivity index (χ3v) is 2.66. The van der Waals surface area contributed by atoms with Gasteiger partial charge < -0.3 is 5.32 Å². The van der Waals surface area contributed by atoms with Crippen LogP contribution in [0.5, 0.6) is 0 Å². The summed E-state index contributed by atoms with van der Waals surface area (Å²) >= 11 is 0. The first kappa shape index (κ1) is 12.7. The predicted molar refractivity (Wildman–Crippen MR) is 64.8 cm³/mol. The van der Waals surface area contributed by atoms with Crippen LogP contribution in [0.25, 0.3) is 0 Å². The van der Waals surface area contributed by atoms with Crippen molar-refractivity contribution in [1.82, 2.24) is 15.1 Å². The van der Waals surface area contributed by atoms with Crippen molar-refractivity contribution >= 4 is 0 Å². The predicted octanol–water partition coefficient (Wildman–Crippen LogP) is 2.47. The van der Waals surface area contributed by atoms with Crippen molar-refractivity contribution in [2.75, 3.05) is 0 Å². The molecular weight excluding hydrogens is 236 g/mol. The maximum Gasteiger partial charge on any atom is 0.127 e. The Hall–Kier alpha value is -1.75. The molecule has 0 aliphatic heterocycles. The van der Waals surface area contributed by atoms with Crippen molar-refractivity contribution in [3.05, 3.63) is 53.4 Å². The number of nitrogens with one attached hydrogen (secondary N) is 1. The van der Waals surface area contributed by atoms with Gasteiger partial charge in [0, 0.05) is 37.0 Å². The number of nitrogens with zero attached hydrogens (tertiary/aromatic N) is 2. The number of hydrogen-bond donors (Lipinski definition) is 1. The van der Waals surface area contributed by atoms with E-state index in [0.29, 0.717) is 18.7 Å². The average Bonchev–Trinajstić information content (AvgIpc) is 2.81. The van der Waals surface area contributed by atoms with Crippen LogP contribution in [0.3, 0.4) is 0 Å². The molecule has 1 heterocycles. The molecule has 0 aliphatic rings. The molecule has 1 aromatic carbocycles. The summed E-state index contributed by atoms with van der Waals surface area (Å²) in [6.45, 7) is 3.70. The van der Waals surface area contributed by atoms with Crippen LogP contribution in [0, 0.1) is 11.6 Å². The lowest BCUT2D eigenvalue weighted by Crippen LogP contribution is -2.13. The quantitative estimate of drug-likeness (QED) is 0.884. The van der Waals surface area contributed by atoms with E-state index in [4.69, 9.17) is 0 Å². The van der Waals surface area contributed by atoms with E-state index in [-0.39, 0.29) is 0 Å². The Morgan fingerprint density at radius 2 is 2.11 bits per heavy atom. The van der Waals surface area contributed by atoms with E-state index in [9.17, 15) is 8.78 Å². The maximum atomic E-state index is 13.3. The second kappa shape index (κ2) is 5.73. The Morgan fingerprint density at radius 1 is 1.28 bits per heavy atom. The van der Waals surface area contributed by atoms with Gasteiger partial charge in [0.15, 0.2) is 0 Å². The van der Waals surface area contributed by atoms with Gasteiger partial charge in [0.05, 0.1) is 6.20 Å². The molecule has 0 fully saturated rings. The Morgan fingerprint density at radius 3 is 2.83 bits per heavy atom. The maximum absolute atomic E-state index is 13.3. The second-order valence-corrected chi connectivity index (χ2v) is 4.04. The zero-order valence-corrected chi connectivity index (χ0v) is 10.2. The summed E-state index contributed by atoms with van der Waals surface area (Å²) in [6.07, 6.45) is 3.69. The van der Waals surface area contributed by atoms with Gasteiger partial charge in [0.2, 0.25) is 0 Å². The fourth-order valence-electron chi connectivity index (χ4n) is 1.69. The zero-order valence-electron chi connectivity index (χ0n) is 10.2. The summed E-state index contributed by atoms with van der Waals surface area (Å²) in [6, 6.07) is 3.46. The Bertz CT molecular complexity index is 523. The van der Waals surface area contributed by atoms with Crippen LogP contribution in [-0.4, -0.2) is 9.78 Å². The van der Waals surface area contributed by atoms with Crippen molar-refractivity contribution in [2.24, 2.45) is 0 Å². The molecule has 0 saturated heterocycles. The van der Waals surface area contributed by atoms with Gasteiger partial charge in [-0.15, -0.1) is 0 Å². The molecule has 0 saturated carbocycles. The van der Waals surface area contributed by atoms with E-state index in [1.165, 1.54) is 6.07 Å². The van der Waals surface area contributed by atoms with Gasteiger partial charge >= 0.3 is 0 Å². The summed E-state index contributed by atoms with van der Waals surface area (Å²) in [7, 11) is 0. The van der Waals surface area contributed by atoms with Crippen LogP contribution in [-0.2, 0) is 19.6 Å². The van der Waals surface area contributed by atoms with Crippen LogP contribution in [0.4, 0.5) is 8.78 Å². The van der Waals surface area contributed by atoms with Crippen LogP contribution in [0.15, 0.2) is 30.6 Å². The van der Waals surface area contributed by atoms with Crippen molar-refractivity contribution in [2.45, 2.75) is 26.6 Å². The lowest BCUT2D eigenvalue weighted by Gasteiger charge is -2.04. The minimum absolute atomic E-state index is 0.293. The first-order chi connectivity index (χ1) is 8.69. The molecule has 0 atom stereocenters. The topological polar surface area (TPSA) is 29.9 Å². The van der Waals surface area contributed by atoms with Crippen molar-refractivity contribution in [3.63, 3.8) is 0 Å². The highest BCUT2D eigenvalue weighted by Crippen LogP contribution is 2.09. The Labute approximate surface area is 104 Å². The minimum Gasteiger partial charge on any atom is -0.308 e. The molecule has 0 radical (unpaired) electrons. The van der Waals surface area contributed by atoms with E-state index in [1.54, 1.807) is 6.20 Å². The van der Waals surface area contributed by atoms with Gasteiger partial charge in [-0.2, -0.15) is 5.10 Å². The first-order valence-corrected chi connectivity index (χ1v) is 5.85. The molecule has 0 unspecified atom stereocenters. The van der Waals surface area contributed by atoms with Crippen LogP contribution >= 0.6 is 0 Å². The molecule has 0 bridgehead atoms. The fraction of sp³-hybridized carbons (Fsp3) is 0.308. The molecule has 1 N–H and O–H groups in total. The van der Waals surface area contributed by atoms with Crippen LogP contribution in [0.1, 0.15) is 18.1 Å². The number of aryl methyl sites for hydroxylation is 1. The van der Waals surface area contributed by atoms with Crippen molar-refractivity contribution in [1.29, 1.82) is 0 Å². The van der Waals surface area contributed by atoms with Gasteiger partial charge in [-0.05, 0) is 25.1 Å². The summed E-state index contributed by atoms with van der Waals surface area (Å²) in [5, 5.41) is 7.20. The molecule has 0 aliphatic carbocycles. The highest BCUT2D eigenvalue weighted by Gasteiger charge is 2.04. The van der Waals surface area contributed by atoms with Crippen LogP contribution < -0.4 is 5.32 Å². The number of hydrogen-bond acceptors (Lipinski definition) is 2. The Balaban J connectivity index is 1.90. The number of halogens is 2. The molecule has 2 aromatic rings. The molecule has 1 aromatic heterocycles. The van der Waals surface area contributed by atoms with Crippen molar-refractivity contribution < 1.29 is 8.78 Å². The molecule has 0 amide bonds. The largest absolute Gasteiger partial charge is 0.308 e. The first-order valence-electron chi connectivity index (χ1n) is 5.85.